The van der Waals surface area contributed by atoms with Gasteiger partial charge in [-0.15, -0.1) is 0 Å². The maximum atomic E-state index is 9.54. The van der Waals surface area contributed by atoms with Crippen molar-refractivity contribution in [3.63, 3.8) is 0 Å². The lowest BCUT2D eigenvalue weighted by atomic mass is 9.63. The van der Waals surface area contributed by atoms with Crippen molar-refractivity contribution in [2.75, 3.05) is 26.2 Å². The molecular weight excluding hydrogens is 254 g/mol. The Morgan fingerprint density at radius 1 is 1.40 bits per heavy atom. The van der Waals surface area contributed by atoms with Crippen molar-refractivity contribution in [3.8, 4) is 5.75 Å². The van der Waals surface area contributed by atoms with Gasteiger partial charge in [-0.3, -0.25) is 4.98 Å². The van der Waals surface area contributed by atoms with Crippen molar-refractivity contribution in [1.29, 1.82) is 0 Å². The van der Waals surface area contributed by atoms with E-state index in [2.05, 4.69) is 15.6 Å². The van der Waals surface area contributed by atoms with Crippen LogP contribution in [0, 0.1) is 5.41 Å². The topological polar surface area (TPSA) is 66.4 Å². The smallest absolute Gasteiger partial charge is 0.127 e. The lowest BCUT2D eigenvalue weighted by Crippen LogP contribution is -2.62. The van der Waals surface area contributed by atoms with Crippen LogP contribution in [0.2, 0.25) is 0 Å². The summed E-state index contributed by atoms with van der Waals surface area (Å²) >= 11 is 0. The highest BCUT2D eigenvalue weighted by atomic mass is 16.5. The summed E-state index contributed by atoms with van der Waals surface area (Å²) in [6, 6.07) is 1.90. The van der Waals surface area contributed by atoms with Gasteiger partial charge < -0.3 is 20.5 Å². The average molecular weight is 275 g/mol. The van der Waals surface area contributed by atoms with Crippen molar-refractivity contribution in [2.45, 2.75) is 31.4 Å². The maximum Gasteiger partial charge on any atom is 0.127 e. The third kappa shape index (κ3) is 1.92. The lowest BCUT2D eigenvalue weighted by molar-refractivity contribution is -0.0502. The van der Waals surface area contributed by atoms with Crippen LogP contribution in [0.15, 0.2) is 12.3 Å². The highest BCUT2D eigenvalue weighted by molar-refractivity contribution is 5.40. The van der Waals surface area contributed by atoms with E-state index in [1.807, 2.05) is 12.3 Å². The third-order valence-electron chi connectivity index (χ3n) is 4.93. The van der Waals surface area contributed by atoms with Crippen LogP contribution < -0.4 is 15.4 Å². The van der Waals surface area contributed by atoms with Gasteiger partial charge in [0.25, 0.3) is 0 Å². The van der Waals surface area contributed by atoms with Crippen LogP contribution in [0.4, 0.5) is 0 Å². The molecule has 4 rings (SSSR count). The second kappa shape index (κ2) is 4.69. The zero-order valence-corrected chi connectivity index (χ0v) is 11.6. The Balaban J connectivity index is 1.53. The number of aliphatic hydroxyl groups is 1. The van der Waals surface area contributed by atoms with Gasteiger partial charge in [0, 0.05) is 43.2 Å². The zero-order chi connectivity index (χ0) is 13.6. The van der Waals surface area contributed by atoms with Crippen molar-refractivity contribution >= 4 is 0 Å². The summed E-state index contributed by atoms with van der Waals surface area (Å²) in [6.07, 6.45) is 5.35. The van der Waals surface area contributed by atoms with E-state index in [4.69, 9.17) is 4.74 Å². The number of aliphatic hydroxyl groups excluding tert-OH is 1. The Labute approximate surface area is 118 Å². The number of rotatable bonds is 3. The molecule has 2 fully saturated rings. The lowest BCUT2D eigenvalue weighted by Gasteiger charge is -2.53. The minimum absolute atomic E-state index is 0.0399. The second-order valence-electron chi connectivity index (χ2n) is 6.36. The Morgan fingerprint density at radius 2 is 2.25 bits per heavy atom. The molecule has 3 heterocycles. The highest BCUT2D eigenvalue weighted by Crippen LogP contribution is 2.46. The van der Waals surface area contributed by atoms with Crippen LogP contribution in [0.3, 0.4) is 0 Å². The van der Waals surface area contributed by atoms with Gasteiger partial charge >= 0.3 is 0 Å². The number of fused-ring (bicyclic) bond motifs is 1. The molecule has 3 N–H and O–H groups in total. The van der Waals surface area contributed by atoms with E-state index in [9.17, 15) is 5.11 Å². The number of nitrogens with one attached hydrogen (secondary N) is 2. The van der Waals surface area contributed by atoms with Crippen LogP contribution in [-0.2, 0) is 6.42 Å². The first-order chi connectivity index (χ1) is 9.80. The number of ether oxygens (including phenoxy) is 1. The van der Waals surface area contributed by atoms with Gasteiger partial charge in [0.15, 0.2) is 0 Å². The van der Waals surface area contributed by atoms with Crippen LogP contribution in [-0.4, -0.2) is 42.4 Å². The van der Waals surface area contributed by atoms with Gasteiger partial charge in [-0.2, -0.15) is 0 Å². The molecule has 1 aromatic heterocycles. The van der Waals surface area contributed by atoms with Gasteiger partial charge in [0.2, 0.25) is 0 Å². The Bertz CT molecular complexity index is 508. The first kappa shape index (κ1) is 12.6. The fourth-order valence-electron chi connectivity index (χ4n) is 3.73. The minimum Gasteiger partial charge on any atom is -0.490 e. The van der Waals surface area contributed by atoms with E-state index < -0.39 is 0 Å². The quantitative estimate of drug-likeness (QED) is 0.745. The molecule has 1 saturated carbocycles. The number of pyridine rings is 1. The molecular formula is C15H21N3O2. The number of hydrogen-bond donors (Lipinski definition) is 3. The predicted octanol–water partition coefficient (Wildman–Crippen LogP) is 0.391. The molecule has 1 aliphatic carbocycles. The average Bonchev–Trinajstić information content (AvgIpc) is 2.39. The summed E-state index contributed by atoms with van der Waals surface area (Å²) < 4.78 is 6.19. The Morgan fingerprint density at radius 3 is 2.95 bits per heavy atom. The van der Waals surface area contributed by atoms with E-state index >= 15 is 0 Å². The van der Waals surface area contributed by atoms with Crippen molar-refractivity contribution in [1.82, 2.24) is 15.6 Å². The molecule has 3 aliphatic rings. The summed E-state index contributed by atoms with van der Waals surface area (Å²) in [4.78, 5) is 4.44. The first-order valence-corrected chi connectivity index (χ1v) is 7.49. The molecule has 1 atom stereocenters. The molecule has 5 heteroatoms. The Hall–Kier alpha value is -1.17. The van der Waals surface area contributed by atoms with E-state index in [-0.39, 0.29) is 12.6 Å². The fourth-order valence-corrected chi connectivity index (χ4v) is 3.73. The summed E-state index contributed by atoms with van der Waals surface area (Å²) in [5.74, 6) is 0.911. The third-order valence-corrected chi connectivity index (χ3v) is 4.93. The number of hydrogen-bond acceptors (Lipinski definition) is 5. The first-order valence-electron chi connectivity index (χ1n) is 7.49. The second-order valence-corrected chi connectivity index (χ2v) is 6.36. The van der Waals surface area contributed by atoms with E-state index in [1.54, 1.807) is 0 Å². The normalized spacial score (nSPS) is 27.6. The molecule has 0 bridgehead atoms. The standard InChI is InChI=1S/C15H21N3O2/c19-7-12-14-11(1-3-18-12)17-4-2-13(14)20-10-5-15(6-10)8-16-9-15/h2,4,10,12,16,18-19H,1,3,5-9H2. The van der Waals surface area contributed by atoms with Gasteiger partial charge in [-0.1, -0.05) is 0 Å². The fraction of sp³-hybridized carbons (Fsp3) is 0.667. The Kier molecular flexibility index (Phi) is 2.94. The van der Waals surface area contributed by atoms with Gasteiger partial charge in [-0.25, -0.2) is 0 Å². The van der Waals surface area contributed by atoms with Gasteiger partial charge in [0.1, 0.15) is 5.75 Å². The number of aromatic nitrogens is 1. The monoisotopic (exact) mass is 275 g/mol. The van der Waals surface area contributed by atoms with Gasteiger partial charge in [0.05, 0.1) is 24.4 Å². The maximum absolute atomic E-state index is 9.54. The van der Waals surface area contributed by atoms with E-state index in [0.717, 1.165) is 55.9 Å². The molecule has 1 saturated heterocycles. The molecule has 1 unspecified atom stereocenters. The molecule has 5 nitrogen and oxygen atoms in total. The van der Waals surface area contributed by atoms with Crippen LogP contribution >= 0.6 is 0 Å². The largest absolute Gasteiger partial charge is 0.490 e. The van der Waals surface area contributed by atoms with Crippen LogP contribution in [0.25, 0.3) is 0 Å². The summed E-state index contributed by atoms with van der Waals surface area (Å²) in [7, 11) is 0. The van der Waals surface area contributed by atoms with Crippen molar-refractivity contribution < 1.29 is 9.84 Å². The predicted molar refractivity (Wildman–Crippen MR) is 74.7 cm³/mol. The molecule has 0 radical (unpaired) electrons. The van der Waals surface area contributed by atoms with E-state index in [0.29, 0.717) is 11.5 Å². The molecule has 2 aliphatic heterocycles. The zero-order valence-electron chi connectivity index (χ0n) is 11.6. The van der Waals surface area contributed by atoms with E-state index in [1.165, 1.54) is 0 Å². The van der Waals surface area contributed by atoms with Crippen molar-refractivity contribution in [2.24, 2.45) is 5.41 Å². The summed E-state index contributed by atoms with van der Waals surface area (Å²) in [5, 5.41) is 16.2. The van der Waals surface area contributed by atoms with Crippen molar-refractivity contribution in [3.05, 3.63) is 23.5 Å². The van der Waals surface area contributed by atoms with Gasteiger partial charge in [-0.05, 0) is 18.9 Å². The van der Waals surface area contributed by atoms with Crippen LogP contribution in [0.5, 0.6) is 5.75 Å². The highest BCUT2D eigenvalue weighted by Gasteiger charge is 2.49. The molecule has 0 aromatic carbocycles. The molecule has 20 heavy (non-hydrogen) atoms. The summed E-state index contributed by atoms with van der Waals surface area (Å²) in [6.45, 7) is 3.24. The molecule has 108 valence electrons. The molecule has 1 spiro atoms. The molecule has 1 aromatic rings. The van der Waals surface area contributed by atoms with Crippen LogP contribution in [0.1, 0.15) is 30.1 Å². The summed E-state index contributed by atoms with van der Waals surface area (Å²) in [5.41, 5.74) is 2.65. The molecule has 0 amide bonds. The minimum atomic E-state index is -0.0399. The SMILES string of the molecule is OCC1NCCc2nccc(OC3CC4(CNC4)C3)c21. The number of nitrogens with zero attached hydrogens (tertiary/aromatic N) is 1.